The summed E-state index contributed by atoms with van der Waals surface area (Å²) in [4.78, 5) is 75.9. The Labute approximate surface area is 371 Å². The number of hydrogen-bond donors (Lipinski definition) is 3. The zero-order chi connectivity index (χ0) is 43.2. The summed E-state index contributed by atoms with van der Waals surface area (Å²) in [6.07, 6.45) is 10.2. The van der Waals surface area contributed by atoms with E-state index in [9.17, 15) is 24.0 Å². The van der Waals surface area contributed by atoms with Crippen molar-refractivity contribution in [1.82, 2.24) is 28.9 Å². The molecule has 2 amide bonds. The number of aryl methyl sites for hydroxylation is 1. The van der Waals surface area contributed by atoms with Crippen LogP contribution < -0.4 is 37.7 Å². The third kappa shape index (κ3) is 8.42. The molecule has 1 saturated carbocycles. The number of pyridine rings is 2. The van der Waals surface area contributed by atoms with Crippen LogP contribution in [-0.2, 0) is 16.6 Å². The fourth-order valence-corrected chi connectivity index (χ4v) is 9.98. The van der Waals surface area contributed by atoms with Crippen LogP contribution in [0.25, 0.3) is 16.6 Å². The minimum absolute atomic E-state index is 0.115. The van der Waals surface area contributed by atoms with Gasteiger partial charge in [0.2, 0.25) is 11.8 Å². The molecular weight excluding hydrogens is 904 g/mol. The second-order valence-corrected chi connectivity index (χ2v) is 18.7. The minimum atomic E-state index is -0.526. The number of nitrogens with zero attached hydrogens (tertiary/aromatic N) is 6. The standard InChI is InChI=1S/C46H51FIN9O5/c1-27-41-40(42(53(2)44(27)60)51-38-10-6-31(48)21-37(38)47)45(61)57(33-7-8-33)46(62)56(41)34-5-3-4-32(22-34)50-23-28-12-16-54(17-13-28)26-29-14-18-55(19-15-29)35-20-30(24-49-25-35)36-9-11-39(58)52-43(36)59/h3-6,10,20-22,24-25,28-29,33,36,50-51H,7-9,11-19,23,26H2,1-2H3,(H,52,58,59). The van der Waals surface area contributed by atoms with Crippen LogP contribution >= 0.6 is 22.6 Å². The van der Waals surface area contributed by atoms with Gasteiger partial charge in [-0.3, -0.25) is 43.2 Å². The highest BCUT2D eigenvalue weighted by Gasteiger charge is 2.33. The largest absolute Gasteiger partial charge is 0.385 e. The number of halogens is 2. The van der Waals surface area contributed by atoms with Crippen molar-refractivity contribution < 1.29 is 14.0 Å². The molecule has 62 heavy (non-hydrogen) atoms. The van der Waals surface area contributed by atoms with Gasteiger partial charge in [0.15, 0.2) is 0 Å². The van der Waals surface area contributed by atoms with E-state index in [-0.39, 0.29) is 51.7 Å². The lowest BCUT2D eigenvalue weighted by Crippen LogP contribution is -2.42. The van der Waals surface area contributed by atoms with Gasteiger partial charge in [0.25, 0.3) is 11.1 Å². The van der Waals surface area contributed by atoms with Crippen molar-refractivity contribution in [3.8, 4) is 5.69 Å². The van der Waals surface area contributed by atoms with E-state index in [1.807, 2.05) is 53.1 Å². The maximum Gasteiger partial charge on any atom is 0.336 e. The van der Waals surface area contributed by atoms with E-state index in [1.54, 1.807) is 32.3 Å². The van der Waals surface area contributed by atoms with Crippen LogP contribution in [0.15, 0.2) is 75.3 Å². The molecule has 324 valence electrons. The highest BCUT2D eigenvalue weighted by atomic mass is 127. The van der Waals surface area contributed by atoms with Crippen molar-refractivity contribution >= 4 is 68.2 Å². The topological polar surface area (TPSA) is 156 Å². The zero-order valence-corrected chi connectivity index (χ0v) is 37.1. The maximum atomic E-state index is 15.1. The lowest BCUT2D eigenvalue weighted by molar-refractivity contribution is -0.134. The van der Waals surface area contributed by atoms with Crippen LogP contribution in [0.5, 0.6) is 0 Å². The summed E-state index contributed by atoms with van der Waals surface area (Å²) in [6.45, 7) is 7.42. The normalized spacial score (nSPS) is 19.2. The fourth-order valence-electron chi connectivity index (χ4n) is 9.52. The maximum absolute atomic E-state index is 15.1. The molecule has 1 aliphatic carbocycles. The quantitative estimate of drug-likeness (QED) is 0.107. The molecule has 3 aromatic heterocycles. The number of fused-ring (bicyclic) bond motifs is 1. The van der Waals surface area contributed by atoms with Crippen molar-refractivity contribution in [3.63, 3.8) is 0 Å². The van der Waals surface area contributed by atoms with Gasteiger partial charge >= 0.3 is 5.69 Å². The smallest absolute Gasteiger partial charge is 0.336 e. The Kier molecular flexibility index (Phi) is 11.8. The summed E-state index contributed by atoms with van der Waals surface area (Å²) in [5.41, 5.74) is 2.42. The monoisotopic (exact) mass is 955 g/mol. The highest BCUT2D eigenvalue weighted by Crippen LogP contribution is 2.35. The van der Waals surface area contributed by atoms with E-state index in [1.165, 1.54) is 19.8 Å². The first-order valence-electron chi connectivity index (χ1n) is 21.7. The molecule has 3 aliphatic heterocycles. The van der Waals surface area contributed by atoms with Crippen LogP contribution in [-0.4, -0.2) is 74.7 Å². The van der Waals surface area contributed by atoms with Crippen molar-refractivity contribution in [2.75, 3.05) is 54.8 Å². The Hall–Kier alpha value is -5.36. The summed E-state index contributed by atoms with van der Waals surface area (Å²) < 4.78 is 19.9. The van der Waals surface area contributed by atoms with Gasteiger partial charge in [0.05, 0.1) is 34.7 Å². The lowest BCUT2D eigenvalue weighted by atomic mass is 9.90. The van der Waals surface area contributed by atoms with Crippen molar-refractivity contribution in [1.29, 1.82) is 0 Å². The number of hydrogen-bond acceptors (Lipinski definition) is 10. The SMILES string of the molecule is Cc1c(=O)n(C)c(Nc2ccc(I)cc2F)c2c(=O)n(C3CC3)c(=O)n(-c3cccc(NCC4CCN(CC5CCN(c6cncc(C7CCC(=O)NC7=O)c6)CC5)CC4)c3)c12. The molecule has 0 bridgehead atoms. The van der Waals surface area contributed by atoms with E-state index in [0.29, 0.717) is 46.8 Å². The lowest BCUT2D eigenvalue weighted by Gasteiger charge is -2.38. The Morgan fingerprint density at radius 1 is 0.855 bits per heavy atom. The van der Waals surface area contributed by atoms with Crippen molar-refractivity contribution in [3.05, 3.63) is 113 Å². The molecular formula is C46H51FIN9O5. The van der Waals surface area contributed by atoms with Gasteiger partial charge in [-0.05, 0) is 147 Å². The molecule has 5 aromatic rings. The van der Waals surface area contributed by atoms with Crippen LogP contribution in [0.2, 0.25) is 0 Å². The summed E-state index contributed by atoms with van der Waals surface area (Å²) in [7, 11) is 1.55. The summed E-state index contributed by atoms with van der Waals surface area (Å²) in [5, 5.41) is 9.27. The number of piperidine rings is 3. The number of carbonyl (C=O) groups is 2. The zero-order valence-electron chi connectivity index (χ0n) is 35.0. The van der Waals surface area contributed by atoms with Gasteiger partial charge in [0.1, 0.15) is 17.0 Å². The number of aromatic nitrogens is 4. The Morgan fingerprint density at radius 2 is 1.61 bits per heavy atom. The van der Waals surface area contributed by atoms with Crippen LogP contribution in [0, 0.1) is 28.1 Å². The average Bonchev–Trinajstić information content (AvgIpc) is 4.11. The number of imide groups is 1. The van der Waals surface area contributed by atoms with E-state index in [4.69, 9.17) is 0 Å². The molecule has 0 spiro atoms. The molecule has 3 saturated heterocycles. The second-order valence-electron chi connectivity index (χ2n) is 17.4. The van der Waals surface area contributed by atoms with Gasteiger partial charge in [-0.25, -0.2) is 9.18 Å². The first-order chi connectivity index (χ1) is 29.9. The van der Waals surface area contributed by atoms with E-state index >= 15 is 4.39 Å². The molecule has 0 radical (unpaired) electrons. The molecule has 1 atom stereocenters. The Morgan fingerprint density at radius 3 is 2.34 bits per heavy atom. The van der Waals surface area contributed by atoms with Crippen LogP contribution in [0.4, 0.5) is 27.3 Å². The number of benzene rings is 2. The van der Waals surface area contributed by atoms with E-state index in [0.717, 1.165) is 81.9 Å². The first kappa shape index (κ1) is 42.0. The van der Waals surface area contributed by atoms with Gasteiger partial charge in [-0.1, -0.05) is 6.07 Å². The molecule has 6 heterocycles. The van der Waals surface area contributed by atoms with Gasteiger partial charge < -0.3 is 20.4 Å². The third-order valence-electron chi connectivity index (χ3n) is 13.2. The Bertz CT molecular complexity index is 2750. The number of carbonyl (C=O) groups excluding carboxylic acids is 2. The number of rotatable bonds is 11. The van der Waals surface area contributed by atoms with Crippen molar-refractivity contribution in [2.24, 2.45) is 18.9 Å². The first-order valence-corrected chi connectivity index (χ1v) is 22.7. The number of nitrogens with one attached hydrogen (secondary N) is 3. The molecule has 16 heteroatoms. The van der Waals surface area contributed by atoms with Gasteiger partial charge in [-0.15, -0.1) is 0 Å². The third-order valence-corrected chi connectivity index (χ3v) is 13.9. The Balaban J connectivity index is 0.853. The van der Waals surface area contributed by atoms with E-state index in [2.05, 4.69) is 36.8 Å². The van der Waals surface area contributed by atoms with Gasteiger partial charge in [-0.2, -0.15) is 0 Å². The number of anilines is 4. The predicted octanol–water partition coefficient (Wildman–Crippen LogP) is 5.94. The molecule has 4 aliphatic rings. The molecule has 3 N–H and O–H groups in total. The van der Waals surface area contributed by atoms with Crippen LogP contribution in [0.3, 0.4) is 0 Å². The summed E-state index contributed by atoms with van der Waals surface area (Å²) in [5.74, 6) is -0.101. The molecule has 4 fully saturated rings. The van der Waals surface area contributed by atoms with E-state index < -0.39 is 22.6 Å². The number of likely N-dealkylation sites (tertiary alicyclic amines) is 1. The molecule has 14 nitrogen and oxygen atoms in total. The minimum Gasteiger partial charge on any atom is -0.385 e. The second kappa shape index (κ2) is 17.4. The summed E-state index contributed by atoms with van der Waals surface area (Å²) in [6, 6.07) is 14.0. The number of amides is 2. The predicted molar refractivity (Wildman–Crippen MR) is 246 cm³/mol. The van der Waals surface area contributed by atoms with Crippen LogP contribution in [0.1, 0.15) is 74.5 Å². The van der Waals surface area contributed by atoms with Crippen molar-refractivity contribution in [2.45, 2.75) is 70.3 Å². The molecule has 2 aromatic carbocycles. The summed E-state index contributed by atoms with van der Waals surface area (Å²) >= 11 is 2.02. The molecule has 9 rings (SSSR count). The highest BCUT2D eigenvalue weighted by molar-refractivity contribution is 14.1. The van der Waals surface area contributed by atoms with Gasteiger partial charge in [0, 0.05) is 66.7 Å². The fraction of sp³-hybridized carbons (Fsp3) is 0.435. The average molecular weight is 956 g/mol. The molecule has 1 unspecified atom stereocenters.